The molecule has 0 bridgehead atoms. The van der Waals surface area contributed by atoms with E-state index in [4.69, 9.17) is 14.9 Å². The van der Waals surface area contributed by atoms with Crippen LogP contribution in [-0.4, -0.2) is 83.9 Å². The van der Waals surface area contributed by atoms with E-state index in [9.17, 15) is 13.3 Å². The first kappa shape index (κ1) is 27.0. The summed E-state index contributed by atoms with van der Waals surface area (Å²) in [5, 5.41) is 4.52. The van der Waals surface area contributed by atoms with Crippen LogP contribution in [0.25, 0.3) is 28.1 Å². The van der Waals surface area contributed by atoms with E-state index in [1.54, 1.807) is 23.2 Å². The lowest BCUT2D eigenvalue weighted by molar-refractivity contribution is 0.181. The third-order valence-electron chi connectivity index (χ3n) is 7.97. The standard InChI is InChI=1S/C28H30F2N8O3S/c29-19-14-20(30)25(41-18-3-12-42(39)13-4-18)16-22(19)36-8-5-35(6-9-36)7-10-37-17-32-26-23-15-21(24-2-1-11-40-24)34-38(23)28(31)33-27(26)37/h1-2,11,14-18H,3-10,12-13H2,(H2,31,33)/t18-,42+. The Balaban J connectivity index is 1.00. The molecule has 6 heterocycles. The van der Waals surface area contributed by atoms with Gasteiger partial charge in [-0.05, 0) is 18.2 Å². The van der Waals surface area contributed by atoms with Crippen molar-refractivity contribution in [3.8, 4) is 17.2 Å². The highest BCUT2D eigenvalue weighted by Gasteiger charge is 2.26. The van der Waals surface area contributed by atoms with Gasteiger partial charge in [-0.25, -0.2) is 13.8 Å². The van der Waals surface area contributed by atoms with Gasteiger partial charge in [0.05, 0.1) is 18.3 Å². The molecule has 1 aromatic carbocycles. The van der Waals surface area contributed by atoms with Crippen molar-refractivity contribution in [2.75, 3.05) is 54.9 Å². The Morgan fingerprint density at radius 1 is 1.07 bits per heavy atom. The molecule has 0 radical (unpaired) electrons. The van der Waals surface area contributed by atoms with E-state index in [0.717, 1.165) is 18.1 Å². The van der Waals surface area contributed by atoms with Crippen LogP contribution in [0.3, 0.4) is 0 Å². The fourth-order valence-electron chi connectivity index (χ4n) is 5.64. The lowest BCUT2D eigenvalue weighted by Gasteiger charge is -2.36. The summed E-state index contributed by atoms with van der Waals surface area (Å²) in [6, 6.07) is 7.89. The van der Waals surface area contributed by atoms with E-state index in [2.05, 4.69) is 20.0 Å². The molecule has 2 saturated heterocycles. The van der Waals surface area contributed by atoms with E-state index in [1.807, 2.05) is 21.6 Å². The highest BCUT2D eigenvalue weighted by Crippen LogP contribution is 2.31. The minimum Gasteiger partial charge on any atom is -0.616 e. The van der Waals surface area contributed by atoms with Crippen LogP contribution in [0.15, 0.2) is 47.3 Å². The quantitative estimate of drug-likeness (QED) is 0.282. The van der Waals surface area contributed by atoms with Gasteiger partial charge in [0.15, 0.2) is 23.0 Å². The average molecular weight is 597 g/mol. The van der Waals surface area contributed by atoms with Gasteiger partial charge in [-0.1, -0.05) is 11.2 Å². The predicted molar refractivity (Wildman–Crippen MR) is 155 cm³/mol. The summed E-state index contributed by atoms with van der Waals surface area (Å²) in [5.74, 6) is 0.712. The topological polar surface area (TPSA) is 126 Å². The molecular weight excluding hydrogens is 566 g/mol. The molecule has 2 aliphatic heterocycles. The maximum absolute atomic E-state index is 14.8. The molecule has 4 aromatic heterocycles. The van der Waals surface area contributed by atoms with Crippen LogP contribution in [0, 0.1) is 11.6 Å². The van der Waals surface area contributed by atoms with Crippen LogP contribution in [0.4, 0.5) is 20.4 Å². The summed E-state index contributed by atoms with van der Waals surface area (Å²) in [6.07, 6.45) is 4.35. The number of rotatable bonds is 7. The third-order valence-corrected chi connectivity index (χ3v) is 9.36. The largest absolute Gasteiger partial charge is 0.616 e. The van der Waals surface area contributed by atoms with Gasteiger partial charge < -0.3 is 28.9 Å². The number of ether oxygens (including phenoxy) is 1. The number of anilines is 2. The molecule has 7 rings (SSSR count). The van der Waals surface area contributed by atoms with E-state index < -0.39 is 22.8 Å². The Morgan fingerprint density at radius 3 is 2.64 bits per heavy atom. The van der Waals surface area contributed by atoms with Gasteiger partial charge in [-0.15, -0.1) is 0 Å². The smallest absolute Gasteiger partial charge is 0.223 e. The summed E-state index contributed by atoms with van der Waals surface area (Å²) in [7, 11) is 0. The minimum atomic E-state index is -0.837. The average Bonchev–Trinajstić information content (AvgIpc) is 3.75. The molecule has 0 saturated carbocycles. The van der Waals surface area contributed by atoms with E-state index in [-0.39, 0.29) is 17.8 Å². The second-order valence-electron chi connectivity index (χ2n) is 10.6. The second-order valence-corrected chi connectivity index (χ2v) is 12.3. The van der Waals surface area contributed by atoms with Crippen molar-refractivity contribution in [3.63, 3.8) is 0 Å². The SMILES string of the molecule is Nc1nc2c(ncn2CCN2CCN(c3cc(O[C@H]4CC[S@@+]([O-])CC4)c(F)cc3F)CC2)c2cc(-c3ccco3)nn12. The normalized spacial score (nSPS) is 20.1. The van der Waals surface area contributed by atoms with Crippen LogP contribution in [0.1, 0.15) is 12.8 Å². The maximum atomic E-state index is 14.8. The van der Waals surface area contributed by atoms with Crippen LogP contribution < -0.4 is 15.4 Å². The molecule has 0 unspecified atom stereocenters. The molecule has 2 N–H and O–H groups in total. The molecule has 2 aliphatic rings. The van der Waals surface area contributed by atoms with Gasteiger partial charge in [-0.3, -0.25) is 4.90 Å². The number of nitrogens with two attached hydrogens (primary N) is 1. The van der Waals surface area contributed by atoms with Crippen LogP contribution >= 0.6 is 0 Å². The number of fused-ring (bicyclic) bond motifs is 3. The van der Waals surface area contributed by atoms with Crippen molar-refractivity contribution < 1.29 is 22.5 Å². The van der Waals surface area contributed by atoms with Crippen LogP contribution in [-0.2, 0) is 17.7 Å². The highest BCUT2D eigenvalue weighted by molar-refractivity contribution is 7.91. The van der Waals surface area contributed by atoms with Gasteiger partial charge in [0, 0.05) is 64.2 Å². The molecule has 0 aliphatic carbocycles. The molecule has 11 nitrogen and oxygen atoms in total. The lowest BCUT2D eigenvalue weighted by Crippen LogP contribution is -2.47. The fourth-order valence-corrected chi connectivity index (χ4v) is 6.90. The number of furan rings is 1. The molecule has 0 amide bonds. The van der Waals surface area contributed by atoms with Crippen LogP contribution in [0.5, 0.6) is 5.75 Å². The van der Waals surface area contributed by atoms with Crippen molar-refractivity contribution in [1.82, 2.24) is 29.0 Å². The van der Waals surface area contributed by atoms with Gasteiger partial charge in [-0.2, -0.15) is 14.6 Å². The Kier molecular flexibility index (Phi) is 7.12. The number of nitrogen functional groups attached to an aromatic ring is 1. The second kappa shape index (κ2) is 11.1. The summed E-state index contributed by atoms with van der Waals surface area (Å²) in [6.45, 7) is 3.99. The molecule has 2 fully saturated rings. The number of benzene rings is 1. The molecule has 14 heteroatoms. The molecule has 5 aromatic rings. The summed E-state index contributed by atoms with van der Waals surface area (Å²) >= 11 is -0.837. The molecular formula is C28H30F2N8O3S. The maximum Gasteiger partial charge on any atom is 0.223 e. The highest BCUT2D eigenvalue weighted by atomic mass is 32.2. The lowest BCUT2D eigenvalue weighted by atomic mass is 10.2. The first-order valence-corrected chi connectivity index (χ1v) is 15.4. The number of aromatic nitrogens is 5. The fraction of sp³-hybridized carbons (Fsp3) is 0.393. The number of nitrogens with zero attached hydrogens (tertiary/aromatic N) is 7. The minimum absolute atomic E-state index is 0.0499. The monoisotopic (exact) mass is 596 g/mol. The Bertz CT molecular complexity index is 1710. The van der Waals surface area contributed by atoms with Gasteiger partial charge in [0.2, 0.25) is 5.95 Å². The number of hydrogen-bond donors (Lipinski definition) is 1. The van der Waals surface area contributed by atoms with Crippen molar-refractivity contribution in [1.29, 1.82) is 0 Å². The van der Waals surface area contributed by atoms with E-state index in [1.165, 1.54) is 6.07 Å². The summed E-state index contributed by atoms with van der Waals surface area (Å²) in [4.78, 5) is 13.4. The van der Waals surface area contributed by atoms with Crippen molar-refractivity contribution in [3.05, 3.63) is 54.6 Å². The number of piperazine rings is 1. The Morgan fingerprint density at radius 2 is 1.88 bits per heavy atom. The van der Waals surface area contributed by atoms with Crippen molar-refractivity contribution in [2.24, 2.45) is 0 Å². The third kappa shape index (κ3) is 5.14. The molecule has 0 atom stereocenters. The predicted octanol–water partition coefficient (Wildman–Crippen LogP) is 3.31. The zero-order valence-corrected chi connectivity index (χ0v) is 23.6. The van der Waals surface area contributed by atoms with Crippen LogP contribution in [0.2, 0.25) is 0 Å². The van der Waals surface area contributed by atoms with Gasteiger partial charge in [0.25, 0.3) is 0 Å². The van der Waals surface area contributed by atoms with E-state index >= 15 is 0 Å². The zero-order valence-electron chi connectivity index (χ0n) is 22.8. The van der Waals surface area contributed by atoms with Gasteiger partial charge >= 0.3 is 0 Å². The van der Waals surface area contributed by atoms with Gasteiger partial charge in [0.1, 0.15) is 40.2 Å². The molecule has 220 valence electrons. The van der Waals surface area contributed by atoms with Crippen molar-refractivity contribution in [2.45, 2.75) is 25.5 Å². The Labute approximate surface area is 243 Å². The first-order chi connectivity index (χ1) is 20.4. The number of imidazole rings is 1. The van der Waals surface area contributed by atoms with E-state index in [0.29, 0.717) is 85.4 Å². The zero-order chi connectivity index (χ0) is 28.8. The summed E-state index contributed by atoms with van der Waals surface area (Å²) in [5.41, 5.74) is 9.35. The number of hydrogen-bond acceptors (Lipinski definition) is 9. The number of halogens is 2. The first-order valence-electron chi connectivity index (χ1n) is 13.9. The van der Waals surface area contributed by atoms with Crippen molar-refractivity contribution >= 4 is 39.5 Å². The molecule has 0 spiro atoms. The Hall–Kier alpha value is -3.88. The molecule has 42 heavy (non-hydrogen) atoms. The summed E-state index contributed by atoms with van der Waals surface area (Å²) < 4.78 is 55.9.